The van der Waals surface area contributed by atoms with Crippen LogP contribution in [0.1, 0.15) is 37.1 Å². The summed E-state index contributed by atoms with van der Waals surface area (Å²) in [5, 5.41) is 11.4. The molecule has 1 heterocycles. The first-order valence-corrected chi connectivity index (χ1v) is 9.61. The van der Waals surface area contributed by atoms with Crippen LogP contribution in [0.25, 0.3) is 0 Å². The van der Waals surface area contributed by atoms with Crippen molar-refractivity contribution in [2.75, 3.05) is 5.75 Å². The molecule has 23 heavy (non-hydrogen) atoms. The van der Waals surface area contributed by atoms with Gasteiger partial charge in [0.1, 0.15) is 0 Å². The minimum Gasteiger partial charge on any atom is -0.250 e. The van der Waals surface area contributed by atoms with Crippen LogP contribution in [-0.4, -0.2) is 35.3 Å². The number of halogens is 1. The van der Waals surface area contributed by atoms with Crippen LogP contribution in [0.4, 0.5) is 0 Å². The molecule has 9 heteroatoms. The molecule has 3 rings (SSSR count). The van der Waals surface area contributed by atoms with Crippen LogP contribution in [-0.2, 0) is 9.84 Å². The van der Waals surface area contributed by atoms with E-state index in [1.165, 1.54) is 10.9 Å². The molecule has 1 fully saturated rings. The van der Waals surface area contributed by atoms with Crippen LogP contribution >= 0.6 is 23.8 Å². The molecule has 1 N–H and O–H groups in total. The van der Waals surface area contributed by atoms with Gasteiger partial charge in [-0.15, -0.1) is 0 Å². The number of benzene rings is 1. The molecular weight excluding hydrogens is 356 g/mol. The lowest BCUT2D eigenvalue weighted by molar-refractivity contribution is 0.597. The lowest BCUT2D eigenvalue weighted by Gasteiger charge is -2.08. The van der Waals surface area contributed by atoms with Crippen LogP contribution in [0.15, 0.2) is 28.2 Å². The minimum atomic E-state index is -3.46. The Balaban J connectivity index is 2.06. The van der Waals surface area contributed by atoms with Gasteiger partial charge in [-0.3, -0.25) is 5.10 Å². The monoisotopic (exact) mass is 370 g/mol. The van der Waals surface area contributed by atoms with E-state index in [0.717, 1.165) is 18.7 Å². The van der Waals surface area contributed by atoms with E-state index >= 15 is 0 Å². The van der Waals surface area contributed by atoms with E-state index in [1.54, 1.807) is 25.1 Å². The maximum Gasteiger partial charge on any atom is 0.216 e. The largest absolute Gasteiger partial charge is 0.250 e. The normalized spacial score (nSPS) is 15.4. The molecule has 1 aliphatic carbocycles. The topological polar surface area (TPSA) is 80.1 Å². The summed E-state index contributed by atoms with van der Waals surface area (Å²) in [6.07, 6.45) is 3.58. The predicted octanol–water partition coefficient (Wildman–Crippen LogP) is 3.15. The van der Waals surface area contributed by atoms with Crippen LogP contribution in [0.5, 0.6) is 0 Å². The number of aromatic nitrogens is 3. The van der Waals surface area contributed by atoms with Crippen molar-refractivity contribution < 1.29 is 8.42 Å². The Bertz CT molecular complexity index is 926. The van der Waals surface area contributed by atoms with Crippen molar-refractivity contribution in [1.82, 2.24) is 14.9 Å². The molecule has 6 nitrogen and oxygen atoms in total. The van der Waals surface area contributed by atoms with E-state index in [0.29, 0.717) is 16.3 Å². The fourth-order valence-electron chi connectivity index (χ4n) is 2.24. The maximum atomic E-state index is 12.3. The lowest BCUT2D eigenvalue weighted by atomic mass is 10.2. The summed E-state index contributed by atoms with van der Waals surface area (Å²) >= 11 is 11.3. The number of aromatic amines is 1. The second-order valence-electron chi connectivity index (χ2n) is 5.28. The molecule has 0 bridgehead atoms. The summed E-state index contributed by atoms with van der Waals surface area (Å²) in [5.74, 6) is 1.10. The quantitative estimate of drug-likeness (QED) is 0.647. The molecule has 1 aromatic heterocycles. The summed E-state index contributed by atoms with van der Waals surface area (Å²) < 4.78 is 26.4. The molecule has 0 saturated heterocycles. The van der Waals surface area contributed by atoms with Crippen LogP contribution in [0, 0.1) is 4.77 Å². The van der Waals surface area contributed by atoms with Gasteiger partial charge in [0, 0.05) is 11.5 Å². The molecule has 1 aliphatic rings. The lowest BCUT2D eigenvalue weighted by Crippen LogP contribution is -2.08. The second-order valence-corrected chi connectivity index (χ2v) is 8.29. The Kier molecular flexibility index (Phi) is 4.39. The van der Waals surface area contributed by atoms with E-state index < -0.39 is 9.84 Å². The van der Waals surface area contributed by atoms with Gasteiger partial charge in [0.05, 0.1) is 21.9 Å². The van der Waals surface area contributed by atoms with E-state index in [4.69, 9.17) is 23.8 Å². The van der Waals surface area contributed by atoms with Crippen LogP contribution in [0.2, 0.25) is 5.02 Å². The fraction of sp³-hybridized carbons (Fsp3) is 0.357. The number of hydrogen-bond donors (Lipinski definition) is 1. The van der Waals surface area contributed by atoms with Gasteiger partial charge < -0.3 is 0 Å². The summed E-state index contributed by atoms with van der Waals surface area (Å²) in [7, 11) is -3.46. The van der Waals surface area contributed by atoms with Gasteiger partial charge in [0.2, 0.25) is 4.77 Å². The van der Waals surface area contributed by atoms with Crippen molar-refractivity contribution in [2.24, 2.45) is 5.10 Å². The van der Waals surface area contributed by atoms with Crippen molar-refractivity contribution in [3.63, 3.8) is 0 Å². The maximum absolute atomic E-state index is 12.3. The van der Waals surface area contributed by atoms with Gasteiger partial charge in [-0.1, -0.05) is 30.7 Å². The highest BCUT2D eigenvalue weighted by atomic mass is 35.5. The zero-order valence-electron chi connectivity index (χ0n) is 12.4. The van der Waals surface area contributed by atoms with Gasteiger partial charge in [0.25, 0.3) is 0 Å². The molecular formula is C14H15ClN4O2S2. The highest BCUT2D eigenvalue weighted by molar-refractivity contribution is 7.91. The molecule has 1 aromatic carbocycles. The third-order valence-electron chi connectivity index (χ3n) is 3.62. The molecule has 0 aliphatic heterocycles. The molecule has 122 valence electrons. The van der Waals surface area contributed by atoms with E-state index in [1.807, 2.05) is 0 Å². The molecule has 0 unspecified atom stereocenters. The Morgan fingerprint density at radius 1 is 1.52 bits per heavy atom. The molecule has 0 amide bonds. The van der Waals surface area contributed by atoms with E-state index in [9.17, 15) is 8.42 Å². The third-order valence-corrected chi connectivity index (χ3v) is 6.15. The minimum absolute atomic E-state index is 0.0317. The molecule has 1 saturated carbocycles. The predicted molar refractivity (Wildman–Crippen MR) is 91.6 cm³/mol. The Labute approximate surface area is 144 Å². The highest BCUT2D eigenvalue weighted by Gasteiger charge is 2.29. The van der Waals surface area contributed by atoms with Crippen molar-refractivity contribution in [3.05, 3.63) is 39.4 Å². The number of hydrogen-bond acceptors (Lipinski definition) is 5. The second kappa shape index (κ2) is 6.18. The number of nitrogens with one attached hydrogen (secondary N) is 1. The smallest absolute Gasteiger partial charge is 0.216 e. The molecule has 0 radical (unpaired) electrons. The standard InChI is InChI=1S/C14H15ClN4O2S2/c1-2-23(20,21)12-10(4-3-5-11(12)15)8-16-19-13(9-6-7-9)17-18-14(19)22/h3-5,8-9H,2,6-7H2,1H3,(H,18,22)/b16-8+. The van der Waals surface area contributed by atoms with Crippen molar-refractivity contribution >= 4 is 39.9 Å². The zero-order valence-corrected chi connectivity index (χ0v) is 14.7. The number of nitrogens with zero attached hydrogens (tertiary/aromatic N) is 3. The third kappa shape index (κ3) is 3.24. The van der Waals surface area contributed by atoms with Crippen molar-refractivity contribution in [2.45, 2.75) is 30.6 Å². The van der Waals surface area contributed by atoms with Crippen LogP contribution < -0.4 is 0 Å². The summed E-state index contributed by atoms with van der Waals surface area (Å²) in [4.78, 5) is 0.0934. The Morgan fingerprint density at radius 3 is 2.91 bits per heavy atom. The number of sulfone groups is 1. The fourth-order valence-corrected chi connectivity index (χ4v) is 4.10. The average molecular weight is 371 g/mol. The Hall–Kier alpha value is -1.51. The van der Waals surface area contributed by atoms with Gasteiger partial charge in [-0.2, -0.15) is 14.9 Å². The van der Waals surface area contributed by atoms with Crippen molar-refractivity contribution in [3.8, 4) is 0 Å². The summed E-state index contributed by atoms with van der Waals surface area (Å²) in [5.41, 5.74) is 0.434. The zero-order chi connectivity index (χ0) is 16.6. The number of H-pyrrole nitrogens is 1. The summed E-state index contributed by atoms with van der Waals surface area (Å²) in [6, 6.07) is 4.91. The first-order chi connectivity index (χ1) is 10.9. The van der Waals surface area contributed by atoms with Gasteiger partial charge in [-0.05, 0) is 31.1 Å². The SMILES string of the molecule is CCS(=O)(=O)c1c(Cl)cccc1/C=N/n1c(C2CC2)n[nH]c1=S. The number of rotatable bonds is 5. The van der Waals surface area contributed by atoms with Gasteiger partial charge in [-0.25, -0.2) is 8.42 Å². The molecule has 2 aromatic rings. The average Bonchev–Trinajstić information content (AvgIpc) is 3.29. The van der Waals surface area contributed by atoms with Gasteiger partial charge in [0.15, 0.2) is 15.7 Å². The first-order valence-electron chi connectivity index (χ1n) is 7.17. The van der Waals surface area contributed by atoms with Gasteiger partial charge >= 0.3 is 0 Å². The van der Waals surface area contributed by atoms with Crippen molar-refractivity contribution in [1.29, 1.82) is 0 Å². The first kappa shape index (κ1) is 16.4. The van der Waals surface area contributed by atoms with E-state index in [2.05, 4.69) is 15.3 Å². The van der Waals surface area contributed by atoms with Crippen LogP contribution in [0.3, 0.4) is 0 Å². The molecule has 0 atom stereocenters. The Morgan fingerprint density at radius 2 is 2.26 bits per heavy atom. The highest BCUT2D eigenvalue weighted by Crippen LogP contribution is 2.38. The summed E-state index contributed by atoms with van der Waals surface area (Å²) in [6.45, 7) is 1.58. The van der Waals surface area contributed by atoms with E-state index in [-0.39, 0.29) is 15.7 Å². The molecule has 0 spiro atoms.